The summed E-state index contributed by atoms with van der Waals surface area (Å²) in [4.78, 5) is 34.1. The van der Waals surface area contributed by atoms with Gasteiger partial charge in [-0.1, -0.05) is 0 Å². The van der Waals surface area contributed by atoms with Gasteiger partial charge in [-0.25, -0.2) is 0 Å². The van der Waals surface area contributed by atoms with Crippen LogP contribution in [0.1, 0.15) is 41.1 Å². The van der Waals surface area contributed by atoms with Crippen molar-refractivity contribution in [2.24, 2.45) is 7.05 Å². The summed E-state index contributed by atoms with van der Waals surface area (Å²) in [7, 11) is 1.69. The number of ketones is 1. The molecule has 0 fully saturated rings. The van der Waals surface area contributed by atoms with Crippen molar-refractivity contribution in [1.82, 2.24) is 9.88 Å². The van der Waals surface area contributed by atoms with Crippen LogP contribution < -0.4 is 5.32 Å². The van der Waals surface area contributed by atoms with E-state index in [1.807, 2.05) is 0 Å². The van der Waals surface area contributed by atoms with Crippen LogP contribution in [-0.2, 0) is 16.6 Å². The number of nitrogens with zero attached hydrogens (tertiary/aromatic N) is 1. The van der Waals surface area contributed by atoms with Gasteiger partial charge in [-0.15, -0.1) is 0 Å². The molecule has 0 atom stereocenters. The molecule has 0 radical (unpaired) electrons. The normalized spacial score (nSPS) is 10.1. The fourth-order valence-electron chi connectivity index (χ4n) is 1.58. The molecule has 104 valence electrons. The first-order chi connectivity index (χ1) is 8.95. The maximum atomic E-state index is 11.8. The number of nitrogens with one attached hydrogen (secondary N) is 1. The molecule has 0 aliphatic carbocycles. The molecule has 1 aromatic heterocycles. The monoisotopic (exact) mass is 266 g/mol. The number of ether oxygens (including phenoxy) is 1. The van der Waals surface area contributed by atoms with E-state index in [1.165, 1.54) is 13.0 Å². The van der Waals surface area contributed by atoms with Gasteiger partial charge < -0.3 is 14.6 Å². The van der Waals surface area contributed by atoms with Crippen LogP contribution in [0.2, 0.25) is 0 Å². The molecule has 1 rings (SSSR count). The van der Waals surface area contributed by atoms with Crippen LogP contribution in [0.15, 0.2) is 12.3 Å². The third kappa shape index (κ3) is 4.24. The van der Waals surface area contributed by atoms with Crippen molar-refractivity contribution in [3.05, 3.63) is 23.5 Å². The molecule has 6 heteroatoms. The highest BCUT2D eigenvalue weighted by Gasteiger charge is 2.13. The van der Waals surface area contributed by atoms with Gasteiger partial charge in [-0.05, 0) is 19.9 Å². The van der Waals surface area contributed by atoms with Crippen molar-refractivity contribution in [3.63, 3.8) is 0 Å². The highest BCUT2D eigenvalue weighted by molar-refractivity contribution is 5.99. The minimum atomic E-state index is -0.348. The molecule has 0 aromatic carbocycles. The summed E-state index contributed by atoms with van der Waals surface area (Å²) in [5, 5.41) is 2.61. The summed E-state index contributed by atoms with van der Waals surface area (Å²) in [5.74, 6) is -0.764. The van der Waals surface area contributed by atoms with E-state index in [4.69, 9.17) is 4.74 Å². The lowest BCUT2D eigenvalue weighted by Crippen LogP contribution is -2.28. The Kier molecular flexibility index (Phi) is 5.29. The molecule has 0 saturated carbocycles. The third-order valence-electron chi connectivity index (χ3n) is 2.56. The molecule has 1 N–H and O–H groups in total. The summed E-state index contributed by atoms with van der Waals surface area (Å²) in [6.07, 6.45) is 1.73. The zero-order valence-electron chi connectivity index (χ0n) is 11.4. The van der Waals surface area contributed by atoms with Crippen molar-refractivity contribution in [3.8, 4) is 0 Å². The average Bonchev–Trinajstić information content (AvgIpc) is 2.72. The SMILES string of the molecule is CCOC(=O)CCNC(=O)c1cc(C(C)=O)cn1C. The number of Topliss-reactive ketones (excluding diaryl/α,β-unsaturated/α-hetero) is 1. The van der Waals surface area contributed by atoms with E-state index in [0.29, 0.717) is 17.9 Å². The van der Waals surface area contributed by atoms with Gasteiger partial charge >= 0.3 is 5.97 Å². The summed E-state index contributed by atoms with van der Waals surface area (Å²) in [6, 6.07) is 1.53. The minimum Gasteiger partial charge on any atom is -0.466 e. The topological polar surface area (TPSA) is 77.4 Å². The number of rotatable bonds is 6. The van der Waals surface area contributed by atoms with Crippen molar-refractivity contribution in [2.45, 2.75) is 20.3 Å². The van der Waals surface area contributed by atoms with Gasteiger partial charge in [-0.3, -0.25) is 14.4 Å². The Labute approximate surface area is 111 Å². The Bertz CT molecular complexity index is 491. The average molecular weight is 266 g/mol. The van der Waals surface area contributed by atoms with E-state index in [0.717, 1.165) is 0 Å². The van der Waals surface area contributed by atoms with E-state index < -0.39 is 0 Å². The number of esters is 1. The van der Waals surface area contributed by atoms with E-state index >= 15 is 0 Å². The molecule has 1 amide bonds. The molecule has 6 nitrogen and oxygen atoms in total. The third-order valence-corrected chi connectivity index (χ3v) is 2.56. The molecule has 0 saturated heterocycles. The van der Waals surface area contributed by atoms with Gasteiger partial charge in [0.1, 0.15) is 5.69 Å². The lowest BCUT2D eigenvalue weighted by atomic mass is 10.2. The Balaban J connectivity index is 2.54. The smallest absolute Gasteiger partial charge is 0.307 e. The zero-order valence-corrected chi connectivity index (χ0v) is 11.4. The largest absolute Gasteiger partial charge is 0.466 e. The molecule has 1 heterocycles. The molecule has 19 heavy (non-hydrogen) atoms. The summed E-state index contributed by atoms with van der Waals surface area (Å²) < 4.78 is 6.33. The predicted molar refractivity (Wildman–Crippen MR) is 69.0 cm³/mol. The molecule has 0 aliphatic rings. The Morgan fingerprint density at radius 2 is 2.05 bits per heavy atom. The molecule has 0 unspecified atom stereocenters. The standard InChI is InChI=1S/C13H18N2O4/c1-4-19-12(17)5-6-14-13(18)11-7-10(9(2)16)8-15(11)3/h7-8H,4-6H2,1-3H3,(H,14,18). The van der Waals surface area contributed by atoms with Crippen LogP contribution in [0, 0.1) is 0 Å². The second kappa shape index (κ2) is 6.72. The number of aromatic nitrogens is 1. The number of carbonyl (C=O) groups is 3. The number of amides is 1. The first-order valence-corrected chi connectivity index (χ1v) is 6.06. The molecule has 0 spiro atoms. The first kappa shape index (κ1) is 14.9. The van der Waals surface area contributed by atoms with E-state index in [9.17, 15) is 14.4 Å². The molecule has 0 aliphatic heterocycles. The zero-order chi connectivity index (χ0) is 14.4. The molecular formula is C13H18N2O4. The van der Waals surface area contributed by atoms with Gasteiger partial charge in [0.05, 0.1) is 13.0 Å². The maximum absolute atomic E-state index is 11.8. The molecule has 1 aromatic rings. The van der Waals surface area contributed by atoms with Crippen LogP contribution in [0.3, 0.4) is 0 Å². The lowest BCUT2D eigenvalue weighted by molar-refractivity contribution is -0.142. The van der Waals surface area contributed by atoms with E-state index in [2.05, 4.69) is 5.32 Å². The Hall–Kier alpha value is -2.11. The van der Waals surface area contributed by atoms with Crippen molar-refractivity contribution in [1.29, 1.82) is 0 Å². The minimum absolute atomic E-state index is 0.0961. The fraction of sp³-hybridized carbons (Fsp3) is 0.462. The Morgan fingerprint density at radius 1 is 1.37 bits per heavy atom. The molecular weight excluding hydrogens is 248 g/mol. The first-order valence-electron chi connectivity index (χ1n) is 6.06. The summed E-state index contributed by atoms with van der Waals surface area (Å²) in [5.41, 5.74) is 0.868. The van der Waals surface area contributed by atoms with Crippen molar-refractivity contribution < 1.29 is 19.1 Å². The number of carbonyl (C=O) groups excluding carboxylic acids is 3. The summed E-state index contributed by atoms with van der Waals surface area (Å²) >= 11 is 0. The van der Waals surface area contributed by atoms with Crippen molar-refractivity contribution in [2.75, 3.05) is 13.2 Å². The van der Waals surface area contributed by atoms with Crippen LogP contribution in [0.25, 0.3) is 0 Å². The van der Waals surface area contributed by atoms with Gasteiger partial charge in [0.2, 0.25) is 0 Å². The number of aryl methyl sites for hydroxylation is 1. The highest BCUT2D eigenvalue weighted by atomic mass is 16.5. The molecule has 0 bridgehead atoms. The van der Waals surface area contributed by atoms with Crippen LogP contribution in [0.5, 0.6) is 0 Å². The van der Waals surface area contributed by atoms with E-state index in [1.54, 1.807) is 24.7 Å². The predicted octanol–water partition coefficient (Wildman–Crippen LogP) is 0.911. The maximum Gasteiger partial charge on any atom is 0.307 e. The second-order valence-corrected chi connectivity index (χ2v) is 4.09. The Morgan fingerprint density at radius 3 is 2.58 bits per heavy atom. The van der Waals surface area contributed by atoms with Crippen LogP contribution >= 0.6 is 0 Å². The van der Waals surface area contributed by atoms with Gasteiger partial charge in [0.25, 0.3) is 5.91 Å². The van der Waals surface area contributed by atoms with Crippen LogP contribution in [-0.4, -0.2) is 35.4 Å². The quantitative estimate of drug-likeness (QED) is 0.613. The lowest BCUT2D eigenvalue weighted by Gasteiger charge is -2.05. The number of hydrogen-bond acceptors (Lipinski definition) is 4. The van der Waals surface area contributed by atoms with Gasteiger partial charge in [0, 0.05) is 25.4 Å². The number of hydrogen-bond donors (Lipinski definition) is 1. The van der Waals surface area contributed by atoms with Gasteiger partial charge in [-0.2, -0.15) is 0 Å². The fourth-order valence-corrected chi connectivity index (χ4v) is 1.58. The highest BCUT2D eigenvalue weighted by Crippen LogP contribution is 2.07. The summed E-state index contributed by atoms with van der Waals surface area (Å²) in [6.45, 7) is 3.70. The van der Waals surface area contributed by atoms with E-state index in [-0.39, 0.29) is 30.6 Å². The second-order valence-electron chi connectivity index (χ2n) is 4.09. The van der Waals surface area contributed by atoms with Gasteiger partial charge in [0.15, 0.2) is 5.78 Å². The van der Waals surface area contributed by atoms with Crippen LogP contribution in [0.4, 0.5) is 0 Å². The van der Waals surface area contributed by atoms with Crippen molar-refractivity contribution >= 4 is 17.7 Å².